The van der Waals surface area contributed by atoms with Crippen molar-refractivity contribution in [2.45, 2.75) is 51.6 Å². The van der Waals surface area contributed by atoms with E-state index < -0.39 is 0 Å². The Labute approximate surface area is 130 Å². The summed E-state index contributed by atoms with van der Waals surface area (Å²) in [7, 11) is 0. The van der Waals surface area contributed by atoms with Gasteiger partial charge in [0, 0.05) is 56.3 Å². The number of amides is 1. The van der Waals surface area contributed by atoms with E-state index in [4.69, 9.17) is 0 Å². The Kier molecular flexibility index (Phi) is 4.56. The third-order valence-corrected chi connectivity index (χ3v) is 4.12. The summed E-state index contributed by atoms with van der Waals surface area (Å²) >= 11 is 0. The lowest BCUT2D eigenvalue weighted by Gasteiger charge is -2.08. The molecule has 3 rings (SSSR count). The van der Waals surface area contributed by atoms with Gasteiger partial charge in [-0.2, -0.15) is 5.10 Å². The number of nitrogens with one attached hydrogen (secondary N) is 1. The van der Waals surface area contributed by atoms with E-state index in [9.17, 15) is 4.79 Å². The number of rotatable bonds is 8. The molecule has 1 N–H and O–H groups in total. The SMILES string of the molecule is Cc1nccn1CCC(=O)NCCCn1nccc1C1CC1. The Bertz CT molecular complexity index is 626. The normalized spacial score (nSPS) is 14.2. The number of aromatic nitrogens is 4. The highest BCUT2D eigenvalue weighted by Crippen LogP contribution is 2.39. The average Bonchev–Trinajstić information content (AvgIpc) is 3.11. The first-order chi connectivity index (χ1) is 10.7. The largest absolute Gasteiger partial charge is 0.356 e. The number of hydrogen-bond acceptors (Lipinski definition) is 3. The predicted molar refractivity (Wildman–Crippen MR) is 83.4 cm³/mol. The third kappa shape index (κ3) is 3.75. The zero-order valence-corrected chi connectivity index (χ0v) is 13.0. The molecule has 1 aliphatic carbocycles. The maximum Gasteiger partial charge on any atom is 0.221 e. The molecule has 118 valence electrons. The topological polar surface area (TPSA) is 64.7 Å². The first-order valence-corrected chi connectivity index (χ1v) is 8.00. The fraction of sp³-hybridized carbons (Fsp3) is 0.562. The van der Waals surface area contributed by atoms with Crippen LogP contribution in [0.25, 0.3) is 0 Å². The Balaban J connectivity index is 1.33. The molecule has 1 amide bonds. The van der Waals surface area contributed by atoms with Gasteiger partial charge in [0.05, 0.1) is 0 Å². The highest BCUT2D eigenvalue weighted by Gasteiger charge is 2.26. The van der Waals surface area contributed by atoms with Gasteiger partial charge in [0.2, 0.25) is 5.91 Å². The molecule has 0 aromatic carbocycles. The molecule has 1 aliphatic rings. The predicted octanol–water partition coefficient (Wildman–Crippen LogP) is 1.86. The number of nitrogens with zero attached hydrogens (tertiary/aromatic N) is 4. The summed E-state index contributed by atoms with van der Waals surface area (Å²) in [6, 6.07) is 2.11. The van der Waals surface area contributed by atoms with E-state index in [0.717, 1.165) is 24.7 Å². The number of imidazole rings is 1. The van der Waals surface area contributed by atoms with Crippen LogP contribution < -0.4 is 5.32 Å². The second-order valence-electron chi connectivity index (χ2n) is 5.87. The van der Waals surface area contributed by atoms with Crippen molar-refractivity contribution in [3.8, 4) is 0 Å². The van der Waals surface area contributed by atoms with Gasteiger partial charge in [-0.25, -0.2) is 4.98 Å². The van der Waals surface area contributed by atoms with Gasteiger partial charge in [-0.1, -0.05) is 0 Å². The van der Waals surface area contributed by atoms with Gasteiger partial charge in [0.1, 0.15) is 5.82 Å². The van der Waals surface area contributed by atoms with Gasteiger partial charge in [0.15, 0.2) is 0 Å². The maximum absolute atomic E-state index is 11.8. The lowest BCUT2D eigenvalue weighted by Crippen LogP contribution is -2.26. The van der Waals surface area contributed by atoms with E-state index in [1.807, 2.05) is 23.9 Å². The summed E-state index contributed by atoms with van der Waals surface area (Å²) in [6.45, 7) is 4.20. The molecule has 0 unspecified atom stereocenters. The van der Waals surface area contributed by atoms with Crippen molar-refractivity contribution in [1.82, 2.24) is 24.6 Å². The lowest BCUT2D eigenvalue weighted by molar-refractivity contribution is -0.121. The van der Waals surface area contributed by atoms with Crippen LogP contribution >= 0.6 is 0 Å². The summed E-state index contributed by atoms with van der Waals surface area (Å²) in [6.07, 6.45) is 9.52. The van der Waals surface area contributed by atoms with Crippen LogP contribution in [0, 0.1) is 6.92 Å². The standard InChI is InChI=1S/C16H23N5O/c1-13-17-9-12-20(13)11-6-16(22)18-7-2-10-21-15(5-8-19-21)14-3-4-14/h5,8-9,12,14H,2-4,6-7,10-11H2,1H3,(H,18,22). The molecule has 22 heavy (non-hydrogen) atoms. The summed E-state index contributed by atoms with van der Waals surface area (Å²) in [4.78, 5) is 16.0. The van der Waals surface area contributed by atoms with Gasteiger partial charge < -0.3 is 9.88 Å². The molecular formula is C16H23N5O. The smallest absolute Gasteiger partial charge is 0.221 e. The molecule has 6 heteroatoms. The molecule has 1 saturated carbocycles. The number of aryl methyl sites for hydroxylation is 3. The van der Waals surface area contributed by atoms with Crippen molar-refractivity contribution in [1.29, 1.82) is 0 Å². The molecular weight excluding hydrogens is 278 g/mol. The van der Waals surface area contributed by atoms with Crippen LogP contribution in [0.2, 0.25) is 0 Å². The third-order valence-electron chi connectivity index (χ3n) is 4.12. The Morgan fingerprint density at radius 1 is 1.36 bits per heavy atom. The fourth-order valence-corrected chi connectivity index (χ4v) is 2.66. The first kappa shape index (κ1) is 14.8. The van der Waals surface area contributed by atoms with E-state index in [2.05, 4.69) is 26.1 Å². The van der Waals surface area contributed by atoms with Crippen LogP contribution in [0.1, 0.15) is 43.1 Å². The van der Waals surface area contributed by atoms with Crippen molar-refractivity contribution in [3.05, 3.63) is 36.2 Å². The summed E-state index contributed by atoms with van der Waals surface area (Å²) in [5.41, 5.74) is 1.35. The minimum atomic E-state index is 0.0935. The molecule has 0 radical (unpaired) electrons. The lowest BCUT2D eigenvalue weighted by atomic mass is 10.3. The van der Waals surface area contributed by atoms with Crippen molar-refractivity contribution in [2.24, 2.45) is 0 Å². The second-order valence-corrected chi connectivity index (χ2v) is 5.87. The molecule has 0 aliphatic heterocycles. The molecule has 0 bridgehead atoms. The van der Waals surface area contributed by atoms with Gasteiger partial charge in [-0.3, -0.25) is 9.48 Å². The minimum absolute atomic E-state index is 0.0935. The average molecular weight is 301 g/mol. The van der Waals surface area contributed by atoms with Crippen molar-refractivity contribution in [3.63, 3.8) is 0 Å². The molecule has 1 fully saturated rings. The monoisotopic (exact) mass is 301 g/mol. The Morgan fingerprint density at radius 2 is 2.23 bits per heavy atom. The van der Waals surface area contributed by atoms with E-state index in [1.54, 1.807) is 6.20 Å². The van der Waals surface area contributed by atoms with Crippen molar-refractivity contribution in [2.75, 3.05) is 6.54 Å². The van der Waals surface area contributed by atoms with Crippen LogP contribution in [0.15, 0.2) is 24.7 Å². The van der Waals surface area contributed by atoms with E-state index in [1.165, 1.54) is 18.5 Å². The maximum atomic E-state index is 11.8. The Hall–Kier alpha value is -2.11. The molecule has 2 heterocycles. The summed E-state index contributed by atoms with van der Waals surface area (Å²) in [5.74, 6) is 1.76. The van der Waals surface area contributed by atoms with Crippen LogP contribution in [-0.4, -0.2) is 31.8 Å². The number of hydrogen-bond donors (Lipinski definition) is 1. The molecule has 2 aromatic heterocycles. The first-order valence-electron chi connectivity index (χ1n) is 8.00. The van der Waals surface area contributed by atoms with Crippen LogP contribution in [0.4, 0.5) is 0 Å². The van der Waals surface area contributed by atoms with Crippen LogP contribution in [0.5, 0.6) is 0 Å². The molecule has 0 spiro atoms. The Morgan fingerprint density at radius 3 is 2.95 bits per heavy atom. The zero-order chi connectivity index (χ0) is 15.4. The number of carbonyl (C=O) groups excluding carboxylic acids is 1. The van der Waals surface area contributed by atoms with Crippen molar-refractivity contribution < 1.29 is 4.79 Å². The molecule has 0 saturated heterocycles. The zero-order valence-electron chi connectivity index (χ0n) is 13.0. The molecule has 6 nitrogen and oxygen atoms in total. The van der Waals surface area contributed by atoms with Gasteiger partial charge in [0.25, 0.3) is 0 Å². The van der Waals surface area contributed by atoms with E-state index >= 15 is 0 Å². The highest BCUT2D eigenvalue weighted by atomic mass is 16.1. The van der Waals surface area contributed by atoms with Gasteiger partial charge in [-0.15, -0.1) is 0 Å². The van der Waals surface area contributed by atoms with Crippen LogP contribution in [0.3, 0.4) is 0 Å². The van der Waals surface area contributed by atoms with E-state index in [-0.39, 0.29) is 5.91 Å². The summed E-state index contributed by atoms with van der Waals surface area (Å²) < 4.78 is 4.07. The van der Waals surface area contributed by atoms with Crippen molar-refractivity contribution >= 4 is 5.91 Å². The number of carbonyl (C=O) groups is 1. The summed E-state index contributed by atoms with van der Waals surface area (Å²) in [5, 5.41) is 7.35. The highest BCUT2D eigenvalue weighted by molar-refractivity contribution is 5.75. The second kappa shape index (κ2) is 6.77. The van der Waals surface area contributed by atoms with E-state index in [0.29, 0.717) is 19.5 Å². The minimum Gasteiger partial charge on any atom is -0.356 e. The molecule has 2 aromatic rings. The fourth-order valence-electron chi connectivity index (χ4n) is 2.66. The van der Waals surface area contributed by atoms with Gasteiger partial charge in [-0.05, 0) is 32.3 Å². The van der Waals surface area contributed by atoms with Gasteiger partial charge >= 0.3 is 0 Å². The molecule has 0 atom stereocenters. The quantitative estimate of drug-likeness (QED) is 0.757. The van der Waals surface area contributed by atoms with Crippen LogP contribution in [-0.2, 0) is 17.9 Å².